The van der Waals surface area contributed by atoms with Crippen molar-refractivity contribution in [3.05, 3.63) is 27.5 Å². The van der Waals surface area contributed by atoms with Crippen LogP contribution in [0.4, 0.5) is 4.39 Å². The number of halogens is 4. The lowest BCUT2D eigenvalue weighted by molar-refractivity contribution is -0.0456. The third-order valence-electron chi connectivity index (χ3n) is 3.42. The van der Waals surface area contributed by atoms with Gasteiger partial charge in [0, 0.05) is 0 Å². The van der Waals surface area contributed by atoms with Crippen LogP contribution in [-0.4, -0.2) is 44.8 Å². The summed E-state index contributed by atoms with van der Waals surface area (Å²) in [6, 6.07) is 3.00. The predicted molar refractivity (Wildman–Crippen MR) is 76.7 cm³/mol. The highest BCUT2D eigenvalue weighted by atomic mass is 35.5. The maximum atomic E-state index is 14.2. The van der Waals surface area contributed by atoms with Crippen LogP contribution in [0.5, 0.6) is 0 Å². The topological polar surface area (TPSA) is 67.5 Å². The third-order valence-corrected chi connectivity index (χ3v) is 4.41. The van der Waals surface area contributed by atoms with Gasteiger partial charge in [0.05, 0.1) is 27.7 Å². The van der Waals surface area contributed by atoms with Crippen molar-refractivity contribution in [2.75, 3.05) is 6.61 Å². The van der Waals surface area contributed by atoms with E-state index in [0.29, 0.717) is 16.1 Å². The van der Waals surface area contributed by atoms with Gasteiger partial charge in [-0.2, -0.15) is 0 Å². The first kappa shape index (κ1) is 15.3. The molecule has 1 aromatic heterocycles. The van der Waals surface area contributed by atoms with Gasteiger partial charge in [0.1, 0.15) is 12.2 Å². The van der Waals surface area contributed by atoms with E-state index in [2.05, 4.69) is 4.98 Å². The summed E-state index contributed by atoms with van der Waals surface area (Å²) >= 11 is 17.9. The van der Waals surface area contributed by atoms with Crippen LogP contribution in [0.25, 0.3) is 11.0 Å². The number of benzene rings is 1. The lowest BCUT2D eigenvalue weighted by Gasteiger charge is -2.16. The molecule has 0 aliphatic carbocycles. The zero-order chi connectivity index (χ0) is 15.3. The Hall–Kier alpha value is -0.630. The predicted octanol–water partition coefficient (Wildman–Crippen LogP) is 2.59. The van der Waals surface area contributed by atoms with Gasteiger partial charge in [-0.25, -0.2) is 9.37 Å². The normalized spacial score (nSPS) is 29.4. The molecule has 0 saturated carbocycles. The lowest BCUT2D eigenvalue weighted by atomic mass is 10.1. The van der Waals surface area contributed by atoms with E-state index in [1.165, 1.54) is 16.7 Å². The standard InChI is InChI=1S/C12H10Cl3FN2O3/c13-4-1-6-7(2-5(4)14)18(12(15)17-6)11-9(16)10(20)8(3-19)21-11/h1-2,8-11,19-20H,3H2/t8-,9+,10-,11-/m1/s1. The number of aliphatic hydroxyl groups excluding tert-OH is 2. The summed E-state index contributed by atoms with van der Waals surface area (Å²) in [6.07, 6.45) is -5.43. The van der Waals surface area contributed by atoms with E-state index in [1.54, 1.807) is 0 Å². The first-order valence-electron chi connectivity index (χ1n) is 6.05. The third kappa shape index (κ3) is 2.40. The minimum atomic E-state index is -1.76. The molecule has 4 atom stereocenters. The molecule has 3 rings (SSSR count). The molecule has 0 spiro atoms. The van der Waals surface area contributed by atoms with Gasteiger partial charge in [0.15, 0.2) is 12.4 Å². The highest BCUT2D eigenvalue weighted by Gasteiger charge is 2.46. The molecule has 0 bridgehead atoms. The van der Waals surface area contributed by atoms with Crippen molar-refractivity contribution < 1.29 is 19.3 Å². The molecule has 1 saturated heterocycles. The highest BCUT2D eigenvalue weighted by molar-refractivity contribution is 6.42. The Morgan fingerprint density at radius 1 is 1.29 bits per heavy atom. The minimum Gasteiger partial charge on any atom is -0.394 e. The van der Waals surface area contributed by atoms with Crippen LogP contribution in [0.1, 0.15) is 6.23 Å². The van der Waals surface area contributed by atoms with Crippen LogP contribution < -0.4 is 0 Å². The van der Waals surface area contributed by atoms with Gasteiger partial charge in [-0.05, 0) is 23.7 Å². The molecule has 2 heterocycles. The van der Waals surface area contributed by atoms with Gasteiger partial charge in [0.25, 0.3) is 0 Å². The first-order valence-corrected chi connectivity index (χ1v) is 7.18. The van der Waals surface area contributed by atoms with Crippen molar-refractivity contribution in [3.8, 4) is 0 Å². The fourth-order valence-corrected chi connectivity index (χ4v) is 2.96. The van der Waals surface area contributed by atoms with Gasteiger partial charge in [-0.3, -0.25) is 4.57 Å². The quantitative estimate of drug-likeness (QED) is 0.869. The van der Waals surface area contributed by atoms with E-state index in [-0.39, 0.29) is 10.3 Å². The number of ether oxygens (including phenoxy) is 1. The second-order valence-corrected chi connectivity index (χ2v) is 5.84. The zero-order valence-corrected chi connectivity index (χ0v) is 12.6. The number of hydrogen-bond acceptors (Lipinski definition) is 4. The summed E-state index contributed by atoms with van der Waals surface area (Å²) in [5, 5.41) is 19.3. The average Bonchev–Trinajstić information content (AvgIpc) is 2.89. The molecule has 0 amide bonds. The molecular formula is C12H10Cl3FN2O3. The SMILES string of the molecule is OC[C@H]1O[C@@H](n2c(Cl)nc3cc(Cl)c(Cl)cc32)[C@@H](F)[C@@H]1O. The van der Waals surface area contributed by atoms with Crippen LogP contribution in [0.15, 0.2) is 12.1 Å². The molecule has 21 heavy (non-hydrogen) atoms. The smallest absolute Gasteiger partial charge is 0.206 e. The number of hydrogen-bond donors (Lipinski definition) is 2. The monoisotopic (exact) mass is 354 g/mol. The Morgan fingerprint density at radius 2 is 1.95 bits per heavy atom. The van der Waals surface area contributed by atoms with Crippen molar-refractivity contribution in [1.82, 2.24) is 9.55 Å². The molecule has 1 aliphatic rings. The number of aromatic nitrogens is 2. The summed E-state index contributed by atoms with van der Waals surface area (Å²) in [6.45, 7) is -0.505. The first-order chi connectivity index (χ1) is 9.93. The number of rotatable bonds is 2. The second-order valence-electron chi connectivity index (χ2n) is 4.69. The van der Waals surface area contributed by atoms with E-state index in [0.717, 1.165) is 0 Å². The van der Waals surface area contributed by atoms with Crippen molar-refractivity contribution in [1.29, 1.82) is 0 Å². The Balaban J connectivity index is 2.12. The molecule has 2 N–H and O–H groups in total. The number of imidazole rings is 1. The molecule has 1 fully saturated rings. The lowest BCUT2D eigenvalue weighted by Crippen LogP contribution is -2.30. The summed E-state index contributed by atoms with van der Waals surface area (Å²) in [5.41, 5.74) is 0.847. The maximum absolute atomic E-state index is 14.2. The van der Waals surface area contributed by atoms with Crippen molar-refractivity contribution in [2.24, 2.45) is 0 Å². The van der Waals surface area contributed by atoms with E-state index >= 15 is 0 Å². The average molecular weight is 356 g/mol. The summed E-state index contributed by atoms with van der Waals surface area (Å²) in [4.78, 5) is 4.06. The fourth-order valence-electron chi connectivity index (χ4n) is 2.37. The molecule has 0 unspecified atom stereocenters. The number of fused-ring (bicyclic) bond motifs is 1. The molecule has 5 nitrogen and oxygen atoms in total. The Morgan fingerprint density at radius 3 is 2.57 bits per heavy atom. The van der Waals surface area contributed by atoms with Crippen molar-refractivity contribution in [2.45, 2.75) is 24.6 Å². The van der Waals surface area contributed by atoms with Gasteiger partial charge in [-0.15, -0.1) is 0 Å². The van der Waals surface area contributed by atoms with Crippen molar-refractivity contribution >= 4 is 45.8 Å². The molecule has 9 heteroatoms. The van der Waals surface area contributed by atoms with Gasteiger partial charge < -0.3 is 14.9 Å². The van der Waals surface area contributed by atoms with Crippen LogP contribution in [-0.2, 0) is 4.74 Å². The van der Waals surface area contributed by atoms with Crippen LogP contribution >= 0.6 is 34.8 Å². The molecule has 1 aromatic carbocycles. The van der Waals surface area contributed by atoms with Gasteiger partial charge >= 0.3 is 0 Å². The highest BCUT2D eigenvalue weighted by Crippen LogP contribution is 2.38. The Labute approximate surface area is 133 Å². The zero-order valence-electron chi connectivity index (χ0n) is 10.4. The summed E-state index contributed by atoms with van der Waals surface area (Å²) in [7, 11) is 0. The van der Waals surface area contributed by atoms with Crippen LogP contribution in [0, 0.1) is 0 Å². The Kier molecular flexibility index (Phi) is 4.02. The van der Waals surface area contributed by atoms with Crippen molar-refractivity contribution in [3.63, 3.8) is 0 Å². The van der Waals surface area contributed by atoms with Gasteiger partial charge in [-0.1, -0.05) is 23.2 Å². The fraction of sp³-hybridized carbons (Fsp3) is 0.417. The molecule has 1 aliphatic heterocycles. The van der Waals surface area contributed by atoms with Crippen LogP contribution in [0.2, 0.25) is 15.3 Å². The number of aliphatic hydroxyl groups is 2. The second kappa shape index (κ2) is 5.53. The largest absolute Gasteiger partial charge is 0.394 e. The van der Waals surface area contributed by atoms with E-state index < -0.39 is 31.2 Å². The van der Waals surface area contributed by atoms with Gasteiger partial charge in [0.2, 0.25) is 5.28 Å². The molecule has 2 aromatic rings. The number of nitrogens with zero attached hydrogens (tertiary/aromatic N) is 2. The number of alkyl halides is 1. The molecule has 0 radical (unpaired) electrons. The molecule has 114 valence electrons. The maximum Gasteiger partial charge on any atom is 0.206 e. The van der Waals surface area contributed by atoms with Crippen LogP contribution in [0.3, 0.4) is 0 Å². The van der Waals surface area contributed by atoms with E-state index in [1.807, 2.05) is 0 Å². The summed E-state index contributed by atoms with van der Waals surface area (Å²) in [5.74, 6) is 0. The molecular weight excluding hydrogens is 346 g/mol. The Bertz CT molecular complexity index is 696. The van der Waals surface area contributed by atoms with E-state index in [4.69, 9.17) is 44.6 Å². The minimum absolute atomic E-state index is 0.0261. The summed E-state index contributed by atoms with van der Waals surface area (Å²) < 4.78 is 20.8. The van der Waals surface area contributed by atoms with E-state index in [9.17, 15) is 9.50 Å².